The molecule has 0 aliphatic carbocycles. The van der Waals surface area contributed by atoms with E-state index in [4.69, 9.17) is 23.7 Å². The van der Waals surface area contributed by atoms with Gasteiger partial charge in [-0.2, -0.15) is 0 Å². The molecule has 2 heterocycles. The average molecular weight is 546 g/mol. The largest absolute Gasteiger partial charge is 0.479 e. The summed E-state index contributed by atoms with van der Waals surface area (Å²) < 4.78 is 28.0. The van der Waals surface area contributed by atoms with E-state index in [-0.39, 0.29) is 19.1 Å². The van der Waals surface area contributed by atoms with Crippen molar-refractivity contribution >= 4 is 17.8 Å². The quantitative estimate of drug-likeness (QED) is 0.373. The van der Waals surface area contributed by atoms with Crippen LogP contribution in [0.1, 0.15) is 39.7 Å². The van der Waals surface area contributed by atoms with Crippen molar-refractivity contribution in [1.82, 2.24) is 4.90 Å². The maximum Gasteiger partial charge on any atom is 0.417 e. The summed E-state index contributed by atoms with van der Waals surface area (Å²) in [5, 5.41) is 9.56. The molecule has 1 aromatic carbocycles. The van der Waals surface area contributed by atoms with Crippen molar-refractivity contribution in [3.8, 4) is 0 Å². The molecular weight excluding hydrogens is 506 g/mol. The van der Waals surface area contributed by atoms with E-state index in [9.17, 15) is 19.5 Å². The summed E-state index contributed by atoms with van der Waals surface area (Å²) in [4.78, 5) is 39.8. The number of aliphatic hydroxyl groups excluding tert-OH is 1. The van der Waals surface area contributed by atoms with Crippen molar-refractivity contribution in [2.75, 3.05) is 26.9 Å². The lowest BCUT2D eigenvalue weighted by Crippen LogP contribution is -2.55. The standard InChI is InChI=1S/C29H39NO9/c1-19(2)26-29(3,4)39-28(34)30(26)27(33)25(35-5)24-23(32)14-13-21(38-24)12-9-15-36-18-22(16-31)37-17-20-10-7-6-8-11-20/h6-8,10-14,19,22,24-26,31H,9,15-18H2,1-5H3. The molecule has 3 rings (SSSR count). The number of ether oxygens (including phenoxy) is 5. The number of hydrogen-bond donors (Lipinski definition) is 1. The number of nitrogens with zero attached hydrogens (tertiary/aromatic N) is 1. The number of aliphatic hydroxyl groups is 1. The van der Waals surface area contributed by atoms with Gasteiger partial charge in [0.05, 0.1) is 32.5 Å². The van der Waals surface area contributed by atoms with Gasteiger partial charge in [0.2, 0.25) is 0 Å². The first-order valence-corrected chi connectivity index (χ1v) is 13.1. The van der Waals surface area contributed by atoms with E-state index < -0.39 is 47.7 Å². The van der Waals surface area contributed by atoms with Gasteiger partial charge in [-0.15, -0.1) is 0 Å². The molecular formula is C29H39NO9. The molecule has 2 aliphatic heterocycles. The maximum atomic E-state index is 13.4. The number of hydrogen-bond acceptors (Lipinski definition) is 9. The average Bonchev–Trinajstić information content (AvgIpc) is 3.16. The number of carbonyl (C=O) groups is 3. The first kappa shape index (κ1) is 30.5. The van der Waals surface area contributed by atoms with Crippen LogP contribution in [0.4, 0.5) is 4.79 Å². The smallest absolute Gasteiger partial charge is 0.417 e. The summed E-state index contributed by atoms with van der Waals surface area (Å²) in [6.07, 6.45) is 1.19. The van der Waals surface area contributed by atoms with E-state index in [0.717, 1.165) is 10.5 Å². The van der Waals surface area contributed by atoms with E-state index in [1.165, 1.54) is 19.3 Å². The summed E-state index contributed by atoms with van der Waals surface area (Å²) in [5.41, 5.74) is 0.118. The lowest BCUT2D eigenvalue weighted by molar-refractivity contribution is -0.154. The molecule has 39 heavy (non-hydrogen) atoms. The number of benzene rings is 1. The van der Waals surface area contributed by atoms with Crippen LogP contribution < -0.4 is 0 Å². The third-order valence-corrected chi connectivity index (χ3v) is 6.58. The molecule has 0 bridgehead atoms. The van der Waals surface area contributed by atoms with Crippen LogP contribution in [0, 0.1) is 5.92 Å². The Balaban J connectivity index is 1.55. The minimum atomic E-state index is -1.34. The minimum absolute atomic E-state index is 0.0830. The number of imide groups is 1. The summed E-state index contributed by atoms with van der Waals surface area (Å²) in [6.45, 7) is 8.01. The summed E-state index contributed by atoms with van der Waals surface area (Å²) in [5.74, 6) is -0.839. The molecule has 1 fully saturated rings. The minimum Gasteiger partial charge on any atom is -0.479 e. The molecule has 1 aromatic rings. The second kappa shape index (κ2) is 13.8. The van der Waals surface area contributed by atoms with Gasteiger partial charge >= 0.3 is 6.09 Å². The fraction of sp³-hybridized carbons (Fsp3) is 0.552. The molecule has 0 saturated carbocycles. The first-order chi connectivity index (χ1) is 18.6. The highest BCUT2D eigenvalue weighted by molar-refractivity contribution is 6.03. The highest BCUT2D eigenvalue weighted by atomic mass is 16.6. The molecule has 1 saturated heterocycles. The summed E-state index contributed by atoms with van der Waals surface area (Å²) in [6, 6.07) is 9.12. The third kappa shape index (κ3) is 7.76. The predicted octanol–water partition coefficient (Wildman–Crippen LogP) is 3.18. The Morgan fingerprint density at radius 1 is 1.18 bits per heavy atom. The van der Waals surface area contributed by atoms with Gasteiger partial charge in [-0.3, -0.25) is 9.59 Å². The van der Waals surface area contributed by atoms with E-state index in [1.807, 2.05) is 44.2 Å². The van der Waals surface area contributed by atoms with E-state index >= 15 is 0 Å². The van der Waals surface area contributed by atoms with Crippen LogP contribution in [0.2, 0.25) is 0 Å². The van der Waals surface area contributed by atoms with Gasteiger partial charge in [0.25, 0.3) is 5.91 Å². The molecule has 10 heteroatoms. The predicted molar refractivity (Wildman–Crippen MR) is 141 cm³/mol. The number of ketones is 1. The Hall–Kier alpha value is -3.05. The molecule has 4 unspecified atom stereocenters. The zero-order chi connectivity index (χ0) is 28.6. The second-order valence-corrected chi connectivity index (χ2v) is 10.4. The first-order valence-electron chi connectivity index (χ1n) is 13.1. The van der Waals surface area contributed by atoms with E-state index in [1.54, 1.807) is 19.9 Å². The van der Waals surface area contributed by atoms with Gasteiger partial charge < -0.3 is 28.8 Å². The number of allylic oxidation sites excluding steroid dienone is 1. The van der Waals surface area contributed by atoms with Crippen LogP contribution in [0.3, 0.4) is 0 Å². The van der Waals surface area contributed by atoms with Crippen LogP contribution in [0.5, 0.6) is 0 Å². The van der Waals surface area contributed by atoms with Crippen LogP contribution in [0.25, 0.3) is 0 Å². The van der Waals surface area contributed by atoms with Crippen molar-refractivity contribution in [2.24, 2.45) is 5.92 Å². The zero-order valence-electron chi connectivity index (χ0n) is 23.2. The van der Waals surface area contributed by atoms with Gasteiger partial charge in [-0.25, -0.2) is 9.69 Å². The van der Waals surface area contributed by atoms with Crippen LogP contribution >= 0.6 is 0 Å². The number of rotatable bonds is 13. The topological polar surface area (TPSA) is 121 Å². The maximum absolute atomic E-state index is 13.4. The van der Waals surface area contributed by atoms with Gasteiger partial charge in [-0.05, 0) is 50.0 Å². The molecule has 0 radical (unpaired) electrons. The van der Waals surface area contributed by atoms with Gasteiger partial charge in [0, 0.05) is 7.11 Å². The molecule has 10 nitrogen and oxygen atoms in total. The highest BCUT2D eigenvalue weighted by Gasteiger charge is 2.54. The lowest BCUT2D eigenvalue weighted by Gasteiger charge is -2.34. The molecule has 2 aliphatic rings. The Morgan fingerprint density at radius 2 is 1.90 bits per heavy atom. The van der Waals surface area contributed by atoms with Crippen molar-refractivity contribution < 1.29 is 43.2 Å². The van der Waals surface area contributed by atoms with Crippen LogP contribution in [-0.2, 0) is 39.9 Å². The van der Waals surface area contributed by atoms with Crippen molar-refractivity contribution in [3.05, 3.63) is 59.9 Å². The normalized spacial score (nSPS) is 23.2. The zero-order valence-corrected chi connectivity index (χ0v) is 23.2. The SMILES string of the molecule is COC(C(=O)N1C(=O)OC(C)(C)C1C(C)C)C1OC(=CCCOCC(CO)OCc2ccccc2)C=CC1=O. The van der Waals surface area contributed by atoms with E-state index in [0.29, 0.717) is 25.4 Å². The summed E-state index contributed by atoms with van der Waals surface area (Å²) in [7, 11) is 1.29. The van der Waals surface area contributed by atoms with Crippen molar-refractivity contribution in [1.29, 1.82) is 0 Å². The van der Waals surface area contributed by atoms with Crippen molar-refractivity contribution in [2.45, 2.75) is 70.7 Å². The van der Waals surface area contributed by atoms with Gasteiger partial charge in [-0.1, -0.05) is 44.2 Å². The van der Waals surface area contributed by atoms with Gasteiger partial charge in [0.1, 0.15) is 17.5 Å². The monoisotopic (exact) mass is 545 g/mol. The number of cyclic esters (lactones) is 1. The number of amides is 2. The molecule has 2 amide bonds. The van der Waals surface area contributed by atoms with Gasteiger partial charge in [0.15, 0.2) is 18.0 Å². The Morgan fingerprint density at radius 3 is 2.54 bits per heavy atom. The molecule has 4 atom stereocenters. The molecule has 0 aromatic heterocycles. The number of methoxy groups -OCH3 is 1. The second-order valence-electron chi connectivity index (χ2n) is 10.4. The molecule has 0 spiro atoms. The Labute approximate surface area is 229 Å². The Kier molecular flexibility index (Phi) is 10.8. The molecule has 1 N–H and O–H groups in total. The fourth-order valence-corrected chi connectivity index (χ4v) is 4.85. The van der Waals surface area contributed by atoms with Crippen molar-refractivity contribution in [3.63, 3.8) is 0 Å². The summed E-state index contributed by atoms with van der Waals surface area (Å²) >= 11 is 0. The van der Waals surface area contributed by atoms with Crippen LogP contribution in [0.15, 0.2) is 54.3 Å². The fourth-order valence-electron chi connectivity index (χ4n) is 4.85. The third-order valence-electron chi connectivity index (χ3n) is 6.58. The molecule has 214 valence electrons. The van der Waals surface area contributed by atoms with Crippen LogP contribution in [-0.4, -0.2) is 84.7 Å². The highest BCUT2D eigenvalue weighted by Crippen LogP contribution is 2.35. The number of carbonyl (C=O) groups excluding carboxylic acids is 3. The Bertz CT molecular complexity index is 1050. The lowest BCUT2D eigenvalue weighted by atomic mass is 9.88. The van der Waals surface area contributed by atoms with E-state index in [2.05, 4.69) is 0 Å².